The molecule has 0 aromatic heterocycles. The van der Waals surface area contributed by atoms with Crippen LogP contribution in [0.2, 0.25) is 5.02 Å². The molecule has 0 unspecified atom stereocenters. The maximum atomic E-state index is 11.7. The van der Waals surface area contributed by atoms with E-state index in [4.69, 9.17) is 16.3 Å². The molecule has 0 saturated heterocycles. The van der Waals surface area contributed by atoms with Crippen LogP contribution in [0.3, 0.4) is 0 Å². The molecule has 0 radical (unpaired) electrons. The van der Waals surface area contributed by atoms with Gasteiger partial charge < -0.3 is 15.4 Å². The van der Waals surface area contributed by atoms with Gasteiger partial charge in [-0.25, -0.2) is 4.79 Å². The Labute approximate surface area is 129 Å². The Morgan fingerprint density at radius 2 is 1.86 bits per heavy atom. The SMILES string of the molecule is Cc1ccc(OCNC(=O)Nc2ccc(Cl)cc2)c(C)c1. The first-order valence-corrected chi connectivity index (χ1v) is 6.93. The second-order valence-corrected chi connectivity index (χ2v) is 5.13. The van der Waals surface area contributed by atoms with Gasteiger partial charge >= 0.3 is 6.03 Å². The third-order valence-corrected chi connectivity index (χ3v) is 3.14. The Kier molecular flexibility index (Phi) is 5.06. The summed E-state index contributed by atoms with van der Waals surface area (Å²) in [5.41, 5.74) is 2.88. The first kappa shape index (κ1) is 15.2. The van der Waals surface area contributed by atoms with E-state index < -0.39 is 0 Å². The Bertz CT molecular complexity index is 627. The van der Waals surface area contributed by atoms with E-state index in [-0.39, 0.29) is 12.8 Å². The van der Waals surface area contributed by atoms with Crippen molar-refractivity contribution >= 4 is 23.3 Å². The van der Waals surface area contributed by atoms with E-state index in [1.807, 2.05) is 32.0 Å². The quantitative estimate of drug-likeness (QED) is 0.835. The van der Waals surface area contributed by atoms with Crippen LogP contribution in [-0.2, 0) is 0 Å². The zero-order valence-electron chi connectivity index (χ0n) is 11.9. The third-order valence-electron chi connectivity index (χ3n) is 2.89. The van der Waals surface area contributed by atoms with Crippen molar-refractivity contribution in [2.24, 2.45) is 0 Å². The Balaban J connectivity index is 1.80. The van der Waals surface area contributed by atoms with Crippen LogP contribution in [0, 0.1) is 13.8 Å². The Hall–Kier alpha value is -2.20. The van der Waals surface area contributed by atoms with Crippen molar-refractivity contribution in [3.8, 4) is 5.75 Å². The predicted octanol–water partition coefficient (Wildman–Crippen LogP) is 4.11. The summed E-state index contributed by atoms with van der Waals surface area (Å²) in [5, 5.41) is 5.95. The van der Waals surface area contributed by atoms with Crippen molar-refractivity contribution < 1.29 is 9.53 Å². The third kappa shape index (κ3) is 4.68. The lowest BCUT2D eigenvalue weighted by Crippen LogP contribution is -2.32. The minimum absolute atomic E-state index is 0.101. The molecule has 0 aliphatic rings. The number of hydrogen-bond donors (Lipinski definition) is 2. The normalized spacial score (nSPS) is 10.0. The molecule has 21 heavy (non-hydrogen) atoms. The number of urea groups is 1. The smallest absolute Gasteiger partial charge is 0.321 e. The monoisotopic (exact) mass is 304 g/mol. The number of anilines is 1. The number of nitrogens with one attached hydrogen (secondary N) is 2. The number of halogens is 1. The van der Waals surface area contributed by atoms with Crippen LogP contribution >= 0.6 is 11.6 Å². The van der Waals surface area contributed by atoms with Gasteiger partial charge in [-0.1, -0.05) is 29.3 Å². The summed E-state index contributed by atoms with van der Waals surface area (Å²) in [6, 6.07) is 12.4. The minimum atomic E-state index is -0.331. The molecule has 0 aliphatic heterocycles. The van der Waals surface area contributed by atoms with Crippen molar-refractivity contribution in [3.05, 3.63) is 58.6 Å². The van der Waals surface area contributed by atoms with Crippen molar-refractivity contribution in [2.45, 2.75) is 13.8 Å². The van der Waals surface area contributed by atoms with Gasteiger partial charge in [-0.2, -0.15) is 0 Å². The molecule has 0 spiro atoms. The lowest BCUT2D eigenvalue weighted by Gasteiger charge is -2.11. The molecular formula is C16H17ClN2O2. The highest BCUT2D eigenvalue weighted by molar-refractivity contribution is 6.30. The number of rotatable bonds is 4. The summed E-state index contributed by atoms with van der Waals surface area (Å²) >= 11 is 5.78. The lowest BCUT2D eigenvalue weighted by atomic mass is 10.1. The van der Waals surface area contributed by atoms with Crippen molar-refractivity contribution in [2.75, 3.05) is 12.0 Å². The Morgan fingerprint density at radius 1 is 1.14 bits per heavy atom. The van der Waals surface area contributed by atoms with Crippen molar-refractivity contribution in [1.29, 1.82) is 0 Å². The zero-order chi connectivity index (χ0) is 15.2. The van der Waals surface area contributed by atoms with Gasteiger partial charge in [0, 0.05) is 10.7 Å². The van der Waals surface area contributed by atoms with E-state index in [1.54, 1.807) is 24.3 Å². The molecule has 0 bridgehead atoms. The highest BCUT2D eigenvalue weighted by atomic mass is 35.5. The summed E-state index contributed by atoms with van der Waals surface area (Å²) in [6.45, 7) is 4.09. The van der Waals surface area contributed by atoms with Gasteiger partial charge in [0.15, 0.2) is 6.73 Å². The number of carbonyl (C=O) groups is 1. The molecule has 2 aromatic rings. The second-order valence-electron chi connectivity index (χ2n) is 4.70. The topological polar surface area (TPSA) is 50.4 Å². The number of carbonyl (C=O) groups excluding carboxylic acids is 1. The molecule has 2 N–H and O–H groups in total. The van der Waals surface area contributed by atoms with Gasteiger partial charge in [-0.05, 0) is 49.7 Å². The summed E-state index contributed by atoms with van der Waals surface area (Å²) in [5.74, 6) is 0.757. The number of amides is 2. The van der Waals surface area contributed by atoms with E-state index >= 15 is 0 Å². The van der Waals surface area contributed by atoms with E-state index in [1.165, 1.54) is 5.56 Å². The molecule has 2 aromatic carbocycles. The van der Waals surface area contributed by atoms with Gasteiger partial charge in [0.25, 0.3) is 0 Å². The first-order chi connectivity index (χ1) is 10.0. The summed E-state index contributed by atoms with van der Waals surface area (Å²) in [4.78, 5) is 11.7. The first-order valence-electron chi connectivity index (χ1n) is 6.55. The average Bonchev–Trinajstić information content (AvgIpc) is 2.44. The van der Waals surface area contributed by atoms with Crippen LogP contribution in [0.1, 0.15) is 11.1 Å². The standard InChI is InChI=1S/C16H17ClN2O2/c1-11-3-8-15(12(2)9-11)21-10-18-16(20)19-14-6-4-13(17)5-7-14/h3-9H,10H2,1-2H3,(H2,18,19,20). The molecule has 0 aliphatic carbocycles. The van der Waals surface area contributed by atoms with E-state index in [0.717, 1.165) is 11.3 Å². The molecule has 4 nitrogen and oxygen atoms in total. The second kappa shape index (κ2) is 6.99. The highest BCUT2D eigenvalue weighted by Gasteiger charge is 2.03. The fourth-order valence-electron chi connectivity index (χ4n) is 1.85. The maximum absolute atomic E-state index is 11.7. The molecule has 2 rings (SSSR count). The van der Waals surface area contributed by atoms with E-state index in [2.05, 4.69) is 10.6 Å². The highest BCUT2D eigenvalue weighted by Crippen LogP contribution is 2.18. The van der Waals surface area contributed by atoms with E-state index in [0.29, 0.717) is 10.7 Å². The zero-order valence-corrected chi connectivity index (χ0v) is 12.7. The summed E-state index contributed by atoms with van der Waals surface area (Å²) < 4.78 is 5.53. The minimum Gasteiger partial charge on any atom is -0.473 e. The van der Waals surface area contributed by atoms with Crippen LogP contribution in [-0.4, -0.2) is 12.8 Å². The van der Waals surface area contributed by atoms with Gasteiger partial charge in [-0.3, -0.25) is 0 Å². The van der Waals surface area contributed by atoms with Crippen LogP contribution < -0.4 is 15.4 Å². The number of aryl methyl sites for hydroxylation is 2. The lowest BCUT2D eigenvalue weighted by molar-refractivity contribution is 0.234. The van der Waals surface area contributed by atoms with Crippen LogP contribution in [0.25, 0.3) is 0 Å². The summed E-state index contributed by atoms with van der Waals surface area (Å²) in [6.07, 6.45) is 0. The maximum Gasteiger partial charge on any atom is 0.321 e. The molecule has 110 valence electrons. The molecule has 2 amide bonds. The summed E-state index contributed by atoms with van der Waals surface area (Å²) in [7, 11) is 0. The average molecular weight is 305 g/mol. The van der Waals surface area contributed by atoms with Gasteiger partial charge in [0.2, 0.25) is 0 Å². The number of hydrogen-bond acceptors (Lipinski definition) is 2. The molecule has 0 atom stereocenters. The number of benzene rings is 2. The van der Waals surface area contributed by atoms with Crippen LogP contribution in [0.4, 0.5) is 10.5 Å². The fourth-order valence-corrected chi connectivity index (χ4v) is 1.98. The van der Waals surface area contributed by atoms with Crippen molar-refractivity contribution in [1.82, 2.24) is 5.32 Å². The molecule has 0 fully saturated rings. The molecule has 0 heterocycles. The molecule has 5 heteroatoms. The van der Waals surface area contributed by atoms with Gasteiger partial charge in [0.05, 0.1) is 0 Å². The van der Waals surface area contributed by atoms with E-state index in [9.17, 15) is 4.79 Å². The Morgan fingerprint density at radius 3 is 2.52 bits per heavy atom. The molecular weight excluding hydrogens is 288 g/mol. The van der Waals surface area contributed by atoms with Crippen molar-refractivity contribution in [3.63, 3.8) is 0 Å². The number of ether oxygens (including phenoxy) is 1. The largest absolute Gasteiger partial charge is 0.473 e. The van der Waals surface area contributed by atoms with Gasteiger partial charge in [0.1, 0.15) is 5.75 Å². The van der Waals surface area contributed by atoms with Gasteiger partial charge in [-0.15, -0.1) is 0 Å². The predicted molar refractivity (Wildman–Crippen MR) is 85.0 cm³/mol. The fraction of sp³-hybridized carbons (Fsp3) is 0.188. The van der Waals surface area contributed by atoms with Crippen LogP contribution in [0.5, 0.6) is 5.75 Å². The molecule has 0 saturated carbocycles. The van der Waals surface area contributed by atoms with Crippen LogP contribution in [0.15, 0.2) is 42.5 Å².